The van der Waals surface area contributed by atoms with Crippen LogP contribution in [0.3, 0.4) is 0 Å². The van der Waals surface area contributed by atoms with E-state index in [1.807, 2.05) is 0 Å². The van der Waals surface area contributed by atoms with E-state index >= 15 is 26.3 Å². The van der Waals surface area contributed by atoms with Gasteiger partial charge >= 0.3 is 14.5 Å². The Kier molecular flexibility index (Phi) is 36.5. The van der Waals surface area contributed by atoms with Gasteiger partial charge in [0, 0.05) is 16.9 Å². The van der Waals surface area contributed by atoms with Gasteiger partial charge in [-0.15, -0.1) is 16.4 Å². The monoisotopic (exact) mass is 1330 g/mol. The Labute approximate surface area is 543 Å². The van der Waals surface area contributed by atoms with Gasteiger partial charge in [0.2, 0.25) is 0 Å². The number of quaternary nitrogens is 1. The first kappa shape index (κ1) is 79.8. The van der Waals surface area contributed by atoms with Gasteiger partial charge in [0.05, 0.1) is 13.1 Å². The van der Waals surface area contributed by atoms with E-state index in [0.29, 0.717) is 6.07 Å². The molecular weight excluding hydrogens is 1230 g/mol. The molecule has 1 N–H and O–H groups in total. The molecule has 0 heterocycles. The zero-order chi connectivity index (χ0) is 67.9. The third-order valence-corrected chi connectivity index (χ3v) is 20.7. The molecule has 0 fully saturated rings. The number of nitrogens with one attached hydrogen (secondary N) is 1. The van der Waals surface area contributed by atoms with Crippen LogP contribution in [0.4, 0.5) is 71.5 Å². The van der Waals surface area contributed by atoms with Crippen LogP contribution in [0, 0.1) is 108 Å². The lowest BCUT2D eigenvalue weighted by atomic mass is 9.12. The minimum absolute atomic E-state index is 0.165. The third kappa shape index (κ3) is 22.0. The van der Waals surface area contributed by atoms with Crippen LogP contribution < -0.4 is 30.5 Å². The predicted molar refractivity (Wildman–Crippen MR) is 347 cm³/mol. The number of hydrogen-bond acceptors (Lipinski definition) is 1. The Morgan fingerprint density at radius 2 is 0.565 bits per heavy atom. The Balaban J connectivity index is 0.000000392. The second-order valence-electron chi connectivity index (χ2n) is 25.4. The molecule has 0 aliphatic heterocycles. The first-order chi connectivity index (χ1) is 44.1. The number of halogens is 15. The molecule has 5 rings (SSSR count). The lowest BCUT2D eigenvalue weighted by Gasteiger charge is -2.45. The van der Waals surface area contributed by atoms with Crippen LogP contribution in [0.25, 0.3) is 0 Å². The SMILES string of the molecule is CCCCCCCCCCCCCCCCCC[NH+](CCCCCCCCCCCCCCCCCC)c1c(C)cc(C)cc1C.C[CH2][Al]([CH2]C)[O]c1ccccc1[B-](c1c(F)c(F)c(F)c(F)c1F)(c1c(F)c(F)c(F)c(F)c1F)c1c(F)c(F)c(F)c(F)c1F. The van der Waals surface area contributed by atoms with Crippen molar-refractivity contribution in [2.75, 3.05) is 13.1 Å². The third-order valence-electron chi connectivity index (χ3n) is 18.3. The lowest BCUT2D eigenvalue weighted by molar-refractivity contribution is -0.833. The van der Waals surface area contributed by atoms with E-state index in [9.17, 15) is 39.5 Å². The quantitative estimate of drug-likeness (QED) is 0.0135. The van der Waals surface area contributed by atoms with Crippen LogP contribution in [0.1, 0.15) is 250 Å². The lowest BCUT2D eigenvalue weighted by Crippen LogP contribution is -3.07. The number of unbranched alkanes of at least 4 members (excludes halogenated alkanes) is 30. The maximum absolute atomic E-state index is 15.8. The molecule has 0 amide bonds. The van der Waals surface area contributed by atoms with Crippen LogP contribution >= 0.6 is 0 Å². The van der Waals surface area contributed by atoms with Crippen molar-refractivity contribution in [2.45, 2.75) is 264 Å². The maximum atomic E-state index is 15.8. The van der Waals surface area contributed by atoms with Crippen molar-refractivity contribution in [2.24, 2.45) is 0 Å². The highest BCUT2D eigenvalue weighted by Gasteiger charge is 2.50. The first-order valence-corrected chi connectivity index (χ1v) is 36.6. The number of benzene rings is 5. The van der Waals surface area contributed by atoms with Crippen molar-refractivity contribution < 1.29 is 74.5 Å². The number of para-hydroxylation sites is 1. The zero-order valence-electron chi connectivity index (χ0n) is 55.7. The molecule has 0 bridgehead atoms. The van der Waals surface area contributed by atoms with Crippen molar-refractivity contribution in [3.63, 3.8) is 0 Å². The van der Waals surface area contributed by atoms with Gasteiger partial charge in [-0.25, -0.2) is 65.9 Å². The van der Waals surface area contributed by atoms with Crippen molar-refractivity contribution in [1.82, 2.24) is 0 Å². The summed E-state index contributed by atoms with van der Waals surface area (Å²) in [6.45, 7) is 17.3. The number of aryl methyl sites for hydroxylation is 3. The van der Waals surface area contributed by atoms with Gasteiger partial charge in [0.15, 0.2) is 52.4 Å². The van der Waals surface area contributed by atoms with E-state index in [2.05, 4.69) is 46.8 Å². The van der Waals surface area contributed by atoms with Crippen molar-refractivity contribution in [3.05, 3.63) is 140 Å². The molecule has 19 heteroatoms. The average molecular weight is 1330 g/mol. The highest BCUT2D eigenvalue weighted by Crippen LogP contribution is 2.31. The Hall–Kier alpha value is -4.59. The molecule has 2 nitrogen and oxygen atoms in total. The largest absolute Gasteiger partial charge is 0.645 e. The second kappa shape index (κ2) is 42.1. The van der Waals surface area contributed by atoms with E-state index in [1.54, 1.807) is 10.6 Å². The molecule has 5 aromatic carbocycles. The smallest absolute Gasteiger partial charge is 0.546 e. The standard InChI is InChI=1S/C45H85N.C24H5BF15O.2C2H5.Al/c1-6-8-10-12-14-16-18-20-22-24-26-28-30-32-34-36-38-46(45-43(4)40-42(3)41-44(45)5)39-37-35-33-31-29-27-25-23-21-19-17-15-13-11-9-7-2;26-10-7(11(27)17(33)22(38)16(10)32)25(5-3-1-2-4-6(5)41,8-12(28)18(34)23(39)19(35)13(8)29)9-14(30)20(36)24(40)21(37)15(9)31;2*1-2;/h40-41H,6-39H2,1-5H3;1-4,41H;2*1H2,2H3;/q;-1;;;+1. The molecule has 0 spiro atoms. The molecule has 0 aliphatic carbocycles. The molecular formula is C73H100AlBF15NO. The molecule has 0 saturated heterocycles. The summed E-state index contributed by atoms with van der Waals surface area (Å²) in [5, 5.41) is 0.330. The molecule has 0 aliphatic rings. The fourth-order valence-electron chi connectivity index (χ4n) is 13.4. The van der Waals surface area contributed by atoms with Gasteiger partial charge in [-0.05, 0) is 52.5 Å². The first-order valence-electron chi connectivity index (χ1n) is 34.5. The molecule has 0 radical (unpaired) electrons. The fraction of sp³-hybridized carbons (Fsp3) is 0.589. The van der Waals surface area contributed by atoms with Crippen LogP contribution in [0.5, 0.6) is 5.75 Å². The van der Waals surface area contributed by atoms with Gasteiger partial charge in [0.1, 0.15) is 46.7 Å². The minimum Gasteiger partial charge on any atom is -0.645 e. The fourth-order valence-corrected chi connectivity index (χ4v) is 14.9. The van der Waals surface area contributed by atoms with E-state index in [4.69, 9.17) is 3.79 Å². The Morgan fingerprint density at radius 1 is 0.326 bits per heavy atom. The van der Waals surface area contributed by atoms with Gasteiger partial charge < -0.3 is 8.69 Å². The highest BCUT2D eigenvalue weighted by molar-refractivity contribution is 7.20. The number of hydrogen-bond donors (Lipinski definition) is 1. The van der Waals surface area contributed by atoms with Crippen LogP contribution in [-0.2, 0) is 0 Å². The topological polar surface area (TPSA) is 13.7 Å². The van der Waals surface area contributed by atoms with E-state index < -0.39 is 135 Å². The molecule has 0 saturated carbocycles. The van der Waals surface area contributed by atoms with Crippen molar-refractivity contribution in [1.29, 1.82) is 0 Å². The predicted octanol–water partition coefficient (Wildman–Crippen LogP) is 21.2. The van der Waals surface area contributed by atoms with Gasteiger partial charge in [-0.1, -0.05) is 254 Å². The summed E-state index contributed by atoms with van der Waals surface area (Å²) in [5.41, 5.74) is -3.51. The van der Waals surface area contributed by atoms with Gasteiger partial charge in [0.25, 0.3) is 0 Å². The van der Waals surface area contributed by atoms with Gasteiger partial charge in [-0.3, -0.25) is 0 Å². The summed E-state index contributed by atoms with van der Waals surface area (Å²) in [7, 11) is 0. The molecule has 92 heavy (non-hydrogen) atoms. The number of rotatable bonds is 43. The Bertz CT molecular complexity index is 2720. The molecule has 5 aromatic rings. The van der Waals surface area contributed by atoms with Crippen LogP contribution in [0.2, 0.25) is 10.6 Å². The van der Waals surface area contributed by atoms with Gasteiger partial charge in [-0.2, -0.15) is 5.46 Å². The average Bonchev–Trinajstić information content (AvgIpc) is 0.690. The molecule has 0 unspecified atom stereocenters. The summed E-state index contributed by atoms with van der Waals surface area (Å²) in [6.07, 6.45) is 40.5. The maximum Gasteiger partial charge on any atom is 0.546 e. The summed E-state index contributed by atoms with van der Waals surface area (Å²) in [4.78, 5) is 1.77. The minimum atomic E-state index is -5.90. The summed E-state index contributed by atoms with van der Waals surface area (Å²) in [5.74, 6) is -46.7. The van der Waals surface area contributed by atoms with Crippen LogP contribution in [-0.4, -0.2) is 33.7 Å². The van der Waals surface area contributed by atoms with E-state index in [1.165, 1.54) is 249 Å². The summed E-state index contributed by atoms with van der Waals surface area (Å²) < 4.78 is 232. The molecule has 0 aromatic heterocycles. The van der Waals surface area contributed by atoms with Crippen LogP contribution in [0.15, 0.2) is 36.4 Å². The Morgan fingerprint density at radius 3 is 0.826 bits per heavy atom. The second-order valence-corrected chi connectivity index (χ2v) is 28.5. The van der Waals surface area contributed by atoms with Crippen molar-refractivity contribution in [3.8, 4) is 5.75 Å². The van der Waals surface area contributed by atoms with Crippen molar-refractivity contribution >= 4 is 48.2 Å². The molecule has 514 valence electrons. The highest BCUT2D eigenvalue weighted by atomic mass is 27.2. The zero-order valence-corrected chi connectivity index (χ0v) is 56.8. The molecule has 0 atom stereocenters. The van der Waals surface area contributed by atoms with E-state index in [0.717, 1.165) is 18.2 Å². The van der Waals surface area contributed by atoms with E-state index in [-0.39, 0.29) is 10.6 Å². The summed E-state index contributed by atoms with van der Waals surface area (Å²) in [6, 6.07) is 7.78. The summed E-state index contributed by atoms with van der Waals surface area (Å²) >= 11 is -2.63. The normalized spacial score (nSPS) is 11.7.